The van der Waals surface area contributed by atoms with E-state index >= 15 is 0 Å². The van der Waals surface area contributed by atoms with E-state index in [1.807, 2.05) is 30.3 Å². The Morgan fingerprint density at radius 2 is 1.90 bits per heavy atom. The van der Waals surface area contributed by atoms with Crippen LogP contribution in [0.1, 0.15) is 12.5 Å². The summed E-state index contributed by atoms with van der Waals surface area (Å²) in [5, 5.41) is 30.4. The third kappa shape index (κ3) is 6.68. The standard InChI is InChI=1S/C15H23NO5/c1-11(19)16-8-13(7-12-5-3-2-4-6-12)21-15(10-18)14(20)9-17/h2-6,13-15,17-18,20H,7-10H2,1H3,(H,16,19)/t13?,14-,15?/m0/s1. The highest BCUT2D eigenvalue weighted by atomic mass is 16.5. The van der Waals surface area contributed by atoms with Gasteiger partial charge in [0.05, 0.1) is 19.3 Å². The zero-order chi connectivity index (χ0) is 15.7. The highest BCUT2D eigenvalue weighted by Crippen LogP contribution is 2.10. The first kappa shape index (κ1) is 17.6. The summed E-state index contributed by atoms with van der Waals surface area (Å²) in [7, 11) is 0. The number of hydrogen-bond donors (Lipinski definition) is 4. The van der Waals surface area contributed by atoms with Gasteiger partial charge in [-0.3, -0.25) is 4.79 Å². The summed E-state index contributed by atoms with van der Waals surface area (Å²) in [6.07, 6.45) is -1.94. The predicted molar refractivity (Wildman–Crippen MR) is 77.7 cm³/mol. The van der Waals surface area contributed by atoms with Crippen molar-refractivity contribution in [2.75, 3.05) is 19.8 Å². The molecule has 0 heterocycles. The second kappa shape index (κ2) is 9.46. The molecule has 0 fully saturated rings. The minimum absolute atomic E-state index is 0.181. The molecule has 0 bridgehead atoms. The van der Waals surface area contributed by atoms with E-state index in [2.05, 4.69) is 5.32 Å². The van der Waals surface area contributed by atoms with Crippen LogP contribution in [0.5, 0.6) is 0 Å². The summed E-state index contributed by atoms with van der Waals surface area (Å²) in [5.41, 5.74) is 1.02. The Morgan fingerprint density at radius 1 is 1.24 bits per heavy atom. The molecule has 21 heavy (non-hydrogen) atoms. The van der Waals surface area contributed by atoms with Crippen LogP contribution in [0.2, 0.25) is 0 Å². The number of hydrogen-bond acceptors (Lipinski definition) is 5. The third-order valence-corrected chi connectivity index (χ3v) is 3.05. The van der Waals surface area contributed by atoms with Gasteiger partial charge >= 0.3 is 0 Å². The zero-order valence-corrected chi connectivity index (χ0v) is 12.1. The molecular weight excluding hydrogens is 274 g/mol. The van der Waals surface area contributed by atoms with Gasteiger partial charge in [0.25, 0.3) is 0 Å². The number of benzene rings is 1. The number of carbonyl (C=O) groups excluding carboxylic acids is 1. The van der Waals surface area contributed by atoms with E-state index in [1.165, 1.54) is 6.92 Å². The summed E-state index contributed by atoms with van der Waals surface area (Å²) >= 11 is 0. The molecule has 6 nitrogen and oxygen atoms in total. The van der Waals surface area contributed by atoms with Gasteiger partial charge in [-0.1, -0.05) is 30.3 Å². The molecule has 0 aliphatic carbocycles. The third-order valence-electron chi connectivity index (χ3n) is 3.05. The van der Waals surface area contributed by atoms with E-state index < -0.39 is 31.5 Å². The number of ether oxygens (including phenoxy) is 1. The van der Waals surface area contributed by atoms with Crippen LogP contribution in [0, 0.1) is 0 Å². The van der Waals surface area contributed by atoms with Gasteiger partial charge in [-0.15, -0.1) is 0 Å². The Labute approximate surface area is 124 Å². The van der Waals surface area contributed by atoms with Crippen LogP contribution in [0.4, 0.5) is 0 Å². The minimum atomic E-state index is -1.16. The van der Waals surface area contributed by atoms with E-state index in [4.69, 9.17) is 9.84 Å². The molecule has 4 N–H and O–H groups in total. The van der Waals surface area contributed by atoms with Gasteiger partial charge in [0.15, 0.2) is 0 Å². The molecule has 6 heteroatoms. The van der Waals surface area contributed by atoms with Crippen molar-refractivity contribution in [1.82, 2.24) is 5.32 Å². The average Bonchev–Trinajstić information content (AvgIpc) is 2.50. The van der Waals surface area contributed by atoms with Gasteiger partial charge in [0, 0.05) is 19.9 Å². The highest BCUT2D eigenvalue weighted by molar-refractivity contribution is 5.72. The smallest absolute Gasteiger partial charge is 0.216 e. The lowest BCUT2D eigenvalue weighted by Gasteiger charge is -2.26. The van der Waals surface area contributed by atoms with E-state index in [1.54, 1.807) is 0 Å². The minimum Gasteiger partial charge on any atom is -0.394 e. The molecule has 0 aromatic heterocycles. The number of aliphatic hydroxyl groups excluding tert-OH is 3. The molecule has 0 aliphatic heterocycles. The van der Waals surface area contributed by atoms with Crippen LogP contribution >= 0.6 is 0 Å². The van der Waals surface area contributed by atoms with Crippen LogP contribution in [0.15, 0.2) is 30.3 Å². The van der Waals surface area contributed by atoms with E-state index in [-0.39, 0.29) is 12.5 Å². The quantitative estimate of drug-likeness (QED) is 0.491. The molecule has 0 saturated heterocycles. The van der Waals surface area contributed by atoms with Gasteiger partial charge in [-0.05, 0) is 5.56 Å². The number of amides is 1. The maximum atomic E-state index is 11.0. The van der Waals surface area contributed by atoms with Crippen molar-refractivity contribution in [3.8, 4) is 0 Å². The Kier molecular flexibility index (Phi) is 7.92. The fourth-order valence-corrected chi connectivity index (χ4v) is 1.92. The lowest BCUT2D eigenvalue weighted by atomic mass is 10.1. The van der Waals surface area contributed by atoms with E-state index in [0.29, 0.717) is 6.42 Å². The van der Waals surface area contributed by atoms with Gasteiger partial charge in [-0.2, -0.15) is 0 Å². The Hall–Kier alpha value is -1.47. The Morgan fingerprint density at radius 3 is 2.43 bits per heavy atom. The topological polar surface area (TPSA) is 99.0 Å². The monoisotopic (exact) mass is 297 g/mol. The summed E-state index contributed by atoms with van der Waals surface area (Å²) in [5.74, 6) is -0.181. The van der Waals surface area contributed by atoms with Gasteiger partial charge in [0.2, 0.25) is 5.91 Å². The molecule has 118 valence electrons. The molecule has 3 atom stereocenters. The van der Waals surface area contributed by atoms with Crippen molar-refractivity contribution in [2.45, 2.75) is 31.7 Å². The van der Waals surface area contributed by atoms with Crippen molar-refractivity contribution in [2.24, 2.45) is 0 Å². The van der Waals surface area contributed by atoms with Crippen LogP contribution < -0.4 is 5.32 Å². The summed E-state index contributed by atoms with van der Waals surface area (Å²) in [4.78, 5) is 11.0. The Balaban J connectivity index is 2.69. The first-order chi connectivity index (χ1) is 10.1. The SMILES string of the molecule is CC(=O)NCC(Cc1ccccc1)OC(CO)[C@@H](O)CO. The molecule has 0 spiro atoms. The lowest BCUT2D eigenvalue weighted by Crippen LogP contribution is -2.42. The Bertz CT molecular complexity index is 412. The molecule has 0 aliphatic rings. The fraction of sp³-hybridized carbons (Fsp3) is 0.533. The zero-order valence-electron chi connectivity index (χ0n) is 12.1. The van der Waals surface area contributed by atoms with Crippen molar-refractivity contribution >= 4 is 5.91 Å². The van der Waals surface area contributed by atoms with Crippen molar-refractivity contribution in [3.63, 3.8) is 0 Å². The fourth-order valence-electron chi connectivity index (χ4n) is 1.92. The van der Waals surface area contributed by atoms with Crippen LogP contribution in [0.3, 0.4) is 0 Å². The average molecular weight is 297 g/mol. The largest absolute Gasteiger partial charge is 0.394 e. The normalized spacial score (nSPS) is 15.2. The highest BCUT2D eigenvalue weighted by Gasteiger charge is 2.23. The molecule has 0 saturated carbocycles. The number of rotatable bonds is 9. The van der Waals surface area contributed by atoms with Crippen molar-refractivity contribution in [1.29, 1.82) is 0 Å². The predicted octanol–water partition coefficient (Wildman–Crippen LogP) is -0.536. The molecular formula is C15H23NO5. The molecule has 1 aromatic rings. The van der Waals surface area contributed by atoms with Gasteiger partial charge in [0.1, 0.15) is 12.2 Å². The molecule has 1 aromatic carbocycles. The summed E-state index contributed by atoms with van der Waals surface area (Å²) < 4.78 is 5.63. The van der Waals surface area contributed by atoms with Gasteiger partial charge in [-0.25, -0.2) is 0 Å². The van der Waals surface area contributed by atoms with Gasteiger partial charge < -0.3 is 25.4 Å². The maximum absolute atomic E-state index is 11.0. The molecule has 2 unspecified atom stereocenters. The number of aliphatic hydroxyl groups is 3. The number of nitrogens with one attached hydrogen (secondary N) is 1. The van der Waals surface area contributed by atoms with Crippen LogP contribution in [-0.4, -0.2) is 59.3 Å². The van der Waals surface area contributed by atoms with E-state index in [0.717, 1.165) is 5.56 Å². The molecule has 1 rings (SSSR count). The first-order valence-corrected chi connectivity index (χ1v) is 6.90. The van der Waals surface area contributed by atoms with Crippen LogP contribution in [0.25, 0.3) is 0 Å². The number of carbonyl (C=O) groups is 1. The second-order valence-corrected chi connectivity index (χ2v) is 4.86. The lowest BCUT2D eigenvalue weighted by molar-refractivity contribution is -0.123. The summed E-state index contributed by atoms with van der Waals surface area (Å²) in [6.45, 7) is 0.765. The molecule has 1 amide bonds. The second-order valence-electron chi connectivity index (χ2n) is 4.86. The van der Waals surface area contributed by atoms with E-state index in [9.17, 15) is 15.0 Å². The summed E-state index contributed by atoms with van der Waals surface area (Å²) in [6, 6.07) is 9.56. The van der Waals surface area contributed by atoms with Crippen molar-refractivity contribution in [3.05, 3.63) is 35.9 Å². The maximum Gasteiger partial charge on any atom is 0.216 e. The first-order valence-electron chi connectivity index (χ1n) is 6.90. The van der Waals surface area contributed by atoms with Crippen molar-refractivity contribution < 1.29 is 24.9 Å². The van der Waals surface area contributed by atoms with Crippen LogP contribution in [-0.2, 0) is 16.0 Å². The molecule has 0 radical (unpaired) electrons.